The Kier molecular flexibility index (Phi) is 4.10. The summed E-state index contributed by atoms with van der Waals surface area (Å²) in [4.78, 5) is 4.39. The monoisotopic (exact) mass is 236 g/mol. The van der Waals surface area contributed by atoms with Crippen molar-refractivity contribution in [3.8, 4) is 0 Å². The molecule has 1 aliphatic carbocycles. The van der Waals surface area contributed by atoms with Gasteiger partial charge in [-0.15, -0.1) is 0 Å². The molecule has 0 amide bonds. The summed E-state index contributed by atoms with van der Waals surface area (Å²) in [6.45, 7) is 2.33. The molecule has 16 heavy (non-hydrogen) atoms. The molecule has 0 spiro atoms. The molecular formula is C13H20N2S. The summed E-state index contributed by atoms with van der Waals surface area (Å²) in [5.74, 6) is 2.98. The van der Waals surface area contributed by atoms with Crippen molar-refractivity contribution < 1.29 is 0 Å². The molecule has 0 aliphatic heterocycles. The molecule has 2 rings (SSSR count). The summed E-state index contributed by atoms with van der Waals surface area (Å²) in [5, 5.41) is 3.55. The average molecular weight is 236 g/mol. The lowest BCUT2D eigenvalue weighted by atomic mass is 10.1. The van der Waals surface area contributed by atoms with Gasteiger partial charge < -0.3 is 5.32 Å². The fourth-order valence-electron chi connectivity index (χ4n) is 2.36. The van der Waals surface area contributed by atoms with E-state index in [4.69, 9.17) is 0 Å². The Bertz CT molecular complexity index is 340. The van der Waals surface area contributed by atoms with Crippen LogP contribution < -0.4 is 5.32 Å². The Morgan fingerprint density at radius 1 is 1.50 bits per heavy atom. The minimum atomic E-state index is 0.632. The van der Waals surface area contributed by atoms with E-state index >= 15 is 0 Å². The number of hydrogen-bond acceptors (Lipinski definition) is 3. The van der Waals surface area contributed by atoms with Crippen molar-refractivity contribution in [3.63, 3.8) is 0 Å². The van der Waals surface area contributed by atoms with Crippen LogP contribution in [0.1, 0.15) is 31.7 Å². The highest BCUT2D eigenvalue weighted by atomic mass is 32.2. The number of nitrogens with zero attached hydrogens (tertiary/aromatic N) is 1. The van der Waals surface area contributed by atoms with E-state index in [1.54, 1.807) is 0 Å². The van der Waals surface area contributed by atoms with Crippen molar-refractivity contribution in [2.45, 2.75) is 38.0 Å². The molecule has 1 aliphatic rings. The third-order valence-electron chi connectivity index (χ3n) is 3.18. The SMILES string of the molecule is CSCc1ccnc(NC2CCC(C)C2)c1. The second-order valence-electron chi connectivity index (χ2n) is 4.74. The van der Waals surface area contributed by atoms with E-state index in [0.29, 0.717) is 6.04 Å². The topological polar surface area (TPSA) is 24.9 Å². The van der Waals surface area contributed by atoms with E-state index in [9.17, 15) is 0 Å². The minimum absolute atomic E-state index is 0.632. The summed E-state index contributed by atoms with van der Waals surface area (Å²) in [5.41, 5.74) is 1.36. The first-order chi connectivity index (χ1) is 7.78. The van der Waals surface area contributed by atoms with Crippen molar-refractivity contribution in [3.05, 3.63) is 23.9 Å². The highest BCUT2D eigenvalue weighted by molar-refractivity contribution is 7.97. The van der Waals surface area contributed by atoms with E-state index in [2.05, 4.69) is 35.6 Å². The zero-order valence-electron chi connectivity index (χ0n) is 10.1. The number of rotatable bonds is 4. The molecule has 1 N–H and O–H groups in total. The molecule has 1 saturated carbocycles. The number of aromatic nitrogens is 1. The fourth-order valence-corrected chi connectivity index (χ4v) is 2.87. The molecule has 2 nitrogen and oxygen atoms in total. The normalized spacial score (nSPS) is 24.6. The molecule has 2 unspecified atom stereocenters. The van der Waals surface area contributed by atoms with Crippen LogP contribution in [0.5, 0.6) is 0 Å². The maximum Gasteiger partial charge on any atom is 0.126 e. The predicted octanol–water partition coefficient (Wildman–Crippen LogP) is 3.55. The van der Waals surface area contributed by atoms with E-state index in [-0.39, 0.29) is 0 Å². The third kappa shape index (κ3) is 3.14. The summed E-state index contributed by atoms with van der Waals surface area (Å²) in [6, 6.07) is 4.91. The largest absolute Gasteiger partial charge is 0.367 e. The first kappa shape index (κ1) is 11.8. The van der Waals surface area contributed by atoms with Crippen LogP contribution in [0, 0.1) is 5.92 Å². The van der Waals surface area contributed by atoms with Crippen LogP contribution in [0.4, 0.5) is 5.82 Å². The molecule has 1 fully saturated rings. The van der Waals surface area contributed by atoms with Gasteiger partial charge in [0, 0.05) is 18.0 Å². The maximum absolute atomic E-state index is 4.39. The number of nitrogens with one attached hydrogen (secondary N) is 1. The molecule has 1 aromatic heterocycles. The van der Waals surface area contributed by atoms with Gasteiger partial charge in [-0.3, -0.25) is 0 Å². The van der Waals surface area contributed by atoms with Gasteiger partial charge in [0.1, 0.15) is 5.82 Å². The van der Waals surface area contributed by atoms with E-state index in [1.807, 2.05) is 18.0 Å². The smallest absolute Gasteiger partial charge is 0.126 e. The Balaban J connectivity index is 1.95. The molecule has 0 saturated heterocycles. The van der Waals surface area contributed by atoms with Crippen molar-refractivity contribution in [2.24, 2.45) is 5.92 Å². The van der Waals surface area contributed by atoms with Gasteiger partial charge in [-0.2, -0.15) is 11.8 Å². The van der Waals surface area contributed by atoms with Crippen LogP contribution in [0.2, 0.25) is 0 Å². The van der Waals surface area contributed by atoms with Gasteiger partial charge in [-0.05, 0) is 49.1 Å². The van der Waals surface area contributed by atoms with E-state index < -0.39 is 0 Å². The molecule has 1 heterocycles. The van der Waals surface area contributed by atoms with Gasteiger partial charge in [0.25, 0.3) is 0 Å². The summed E-state index contributed by atoms with van der Waals surface area (Å²) in [6.07, 6.45) is 7.96. The van der Waals surface area contributed by atoms with Gasteiger partial charge in [0.05, 0.1) is 0 Å². The van der Waals surface area contributed by atoms with Gasteiger partial charge in [-0.1, -0.05) is 6.92 Å². The highest BCUT2D eigenvalue weighted by Gasteiger charge is 2.21. The van der Waals surface area contributed by atoms with E-state index in [1.165, 1.54) is 24.8 Å². The van der Waals surface area contributed by atoms with Crippen molar-refractivity contribution in [2.75, 3.05) is 11.6 Å². The van der Waals surface area contributed by atoms with Crippen LogP contribution in [0.25, 0.3) is 0 Å². The van der Waals surface area contributed by atoms with Crippen LogP contribution in [0.15, 0.2) is 18.3 Å². The number of anilines is 1. The number of thioether (sulfide) groups is 1. The maximum atomic E-state index is 4.39. The zero-order valence-corrected chi connectivity index (χ0v) is 10.9. The van der Waals surface area contributed by atoms with E-state index in [0.717, 1.165) is 17.5 Å². The van der Waals surface area contributed by atoms with Gasteiger partial charge in [-0.25, -0.2) is 4.98 Å². The Morgan fingerprint density at radius 2 is 2.38 bits per heavy atom. The molecule has 2 atom stereocenters. The van der Waals surface area contributed by atoms with Crippen LogP contribution >= 0.6 is 11.8 Å². The van der Waals surface area contributed by atoms with Crippen LogP contribution in [0.3, 0.4) is 0 Å². The second-order valence-corrected chi connectivity index (χ2v) is 5.61. The molecule has 3 heteroatoms. The van der Waals surface area contributed by atoms with Crippen LogP contribution in [-0.4, -0.2) is 17.3 Å². The Morgan fingerprint density at radius 3 is 3.06 bits per heavy atom. The molecule has 0 radical (unpaired) electrons. The lowest BCUT2D eigenvalue weighted by Gasteiger charge is -2.13. The van der Waals surface area contributed by atoms with Crippen molar-refractivity contribution >= 4 is 17.6 Å². The zero-order chi connectivity index (χ0) is 11.4. The molecular weight excluding hydrogens is 216 g/mol. The lowest BCUT2D eigenvalue weighted by Crippen LogP contribution is -2.16. The molecule has 88 valence electrons. The predicted molar refractivity (Wildman–Crippen MR) is 71.9 cm³/mol. The van der Waals surface area contributed by atoms with Crippen molar-refractivity contribution in [1.29, 1.82) is 0 Å². The first-order valence-corrected chi connectivity index (χ1v) is 7.37. The quantitative estimate of drug-likeness (QED) is 0.865. The highest BCUT2D eigenvalue weighted by Crippen LogP contribution is 2.27. The molecule has 1 aromatic rings. The second kappa shape index (κ2) is 5.58. The Hall–Kier alpha value is -0.700. The van der Waals surface area contributed by atoms with Gasteiger partial charge in [0.2, 0.25) is 0 Å². The third-order valence-corrected chi connectivity index (χ3v) is 3.80. The van der Waals surface area contributed by atoms with Gasteiger partial charge >= 0.3 is 0 Å². The Labute approximate surface area is 102 Å². The molecule has 0 aromatic carbocycles. The van der Waals surface area contributed by atoms with Crippen molar-refractivity contribution in [1.82, 2.24) is 4.98 Å². The standard InChI is InChI=1S/C13H20N2S/c1-10-3-4-12(7-10)15-13-8-11(9-16-2)5-6-14-13/h5-6,8,10,12H,3-4,7,9H2,1-2H3,(H,14,15). The number of pyridine rings is 1. The fraction of sp³-hybridized carbons (Fsp3) is 0.615. The minimum Gasteiger partial charge on any atom is -0.367 e. The lowest BCUT2D eigenvalue weighted by molar-refractivity contribution is 0.602. The average Bonchev–Trinajstić information content (AvgIpc) is 2.65. The van der Waals surface area contributed by atoms with Gasteiger partial charge in [0.15, 0.2) is 0 Å². The summed E-state index contributed by atoms with van der Waals surface area (Å²) < 4.78 is 0. The summed E-state index contributed by atoms with van der Waals surface area (Å²) >= 11 is 1.85. The first-order valence-electron chi connectivity index (χ1n) is 5.98. The van der Waals surface area contributed by atoms with Crippen LogP contribution in [-0.2, 0) is 5.75 Å². The summed E-state index contributed by atoms with van der Waals surface area (Å²) in [7, 11) is 0. The molecule has 0 bridgehead atoms. The number of hydrogen-bond donors (Lipinski definition) is 1.